The molecule has 0 atom stereocenters. The van der Waals surface area contributed by atoms with Crippen molar-refractivity contribution >= 4 is 68.0 Å². The number of carbonyl (C=O) groups excluding carboxylic acids is 2. The second-order valence-electron chi connectivity index (χ2n) is 10.2. The van der Waals surface area contributed by atoms with E-state index in [1.54, 1.807) is 43.0 Å². The number of ketones is 1. The van der Waals surface area contributed by atoms with E-state index in [0.29, 0.717) is 26.8 Å². The van der Waals surface area contributed by atoms with Gasteiger partial charge < -0.3 is 28.7 Å². The lowest BCUT2D eigenvalue weighted by molar-refractivity contribution is -0.598. The molecule has 0 spiro atoms. The largest absolute Gasteiger partial charge is 1.00 e. The molecule has 0 saturated carbocycles. The standard InChI is InChI=1S/C36H29ClNO3S2.HI/c1-3-41-32(39)21-30-33(38-18-16-23(2)17-19-38)36(43-35(30)34(40)24-12-14-27(37)15-13-24)42-22-31-28-10-6-4-8-25(28)20-26-9-5-7-11-29(26)31;/h4-20H,3,21-22H2,1-2H3;1H/q+1;/p-1. The molecule has 8 heteroatoms. The first kappa shape index (κ1) is 32.2. The van der Waals surface area contributed by atoms with Gasteiger partial charge in [-0.3, -0.25) is 9.59 Å². The number of aromatic nitrogens is 1. The van der Waals surface area contributed by atoms with Gasteiger partial charge in [0.25, 0.3) is 0 Å². The number of halogens is 2. The molecular weight excluding hydrogens is 721 g/mol. The first-order chi connectivity index (χ1) is 20.9. The third-order valence-corrected chi connectivity index (χ3v) is 10.1. The van der Waals surface area contributed by atoms with Gasteiger partial charge in [0, 0.05) is 28.5 Å². The van der Waals surface area contributed by atoms with Crippen molar-refractivity contribution in [2.75, 3.05) is 6.61 Å². The van der Waals surface area contributed by atoms with Crippen LogP contribution in [0.2, 0.25) is 5.02 Å². The normalized spacial score (nSPS) is 11.0. The van der Waals surface area contributed by atoms with E-state index >= 15 is 0 Å². The molecule has 0 fully saturated rings. The molecule has 222 valence electrons. The Morgan fingerprint density at radius 1 is 0.864 bits per heavy atom. The highest BCUT2D eigenvalue weighted by atomic mass is 127. The Morgan fingerprint density at radius 2 is 1.48 bits per heavy atom. The number of nitrogens with zero attached hydrogens (tertiary/aromatic N) is 1. The molecule has 0 unspecified atom stereocenters. The number of thioether (sulfide) groups is 1. The molecule has 0 saturated heterocycles. The van der Waals surface area contributed by atoms with Crippen LogP contribution in [0, 0.1) is 6.92 Å². The van der Waals surface area contributed by atoms with Crippen LogP contribution in [0.25, 0.3) is 27.2 Å². The van der Waals surface area contributed by atoms with Crippen molar-refractivity contribution in [2.45, 2.75) is 30.2 Å². The summed E-state index contributed by atoms with van der Waals surface area (Å²) < 4.78 is 8.34. The molecule has 4 nitrogen and oxygen atoms in total. The van der Waals surface area contributed by atoms with Gasteiger partial charge in [-0.15, -0.1) is 23.1 Å². The Bertz CT molecular complexity index is 1920. The van der Waals surface area contributed by atoms with Crippen molar-refractivity contribution < 1.29 is 42.9 Å². The van der Waals surface area contributed by atoms with Crippen molar-refractivity contribution in [1.29, 1.82) is 0 Å². The fourth-order valence-corrected chi connectivity index (χ4v) is 8.03. The summed E-state index contributed by atoms with van der Waals surface area (Å²) in [4.78, 5) is 27.4. The van der Waals surface area contributed by atoms with Crippen LogP contribution in [0.5, 0.6) is 0 Å². The zero-order valence-corrected chi connectivity index (χ0v) is 28.7. The number of rotatable bonds is 9. The molecule has 0 amide bonds. The number of carbonyl (C=O) groups is 2. The van der Waals surface area contributed by atoms with E-state index in [9.17, 15) is 9.59 Å². The van der Waals surface area contributed by atoms with E-state index in [2.05, 4.69) is 54.6 Å². The minimum Gasteiger partial charge on any atom is -1.00 e. The summed E-state index contributed by atoms with van der Waals surface area (Å²) in [6.45, 7) is 4.09. The summed E-state index contributed by atoms with van der Waals surface area (Å²) in [7, 11) is 0. The molecule has 6 aromatic rings. The lowest BCUT2D eigenvalue weighted by atomic mass is 9.98. The highest BCUT2D eigenvalue weighted by molar-refractivity contribution is 8.00. The highest BCUT2D eigenvalue weighted by Gasteiger charge is 2.32. The predicted molar refractivity (Wildman–Crippen MR) is 177 cm³/mol. The van der Waals surface area contributed by atoms with E-state index in [-0.39, 0.29) is 48.8 Å². The monoisotopic (exact) mass is 749 g/mol. The Kier molecular flexibility index (Phi) is 10.4. The van der Waals surface area contributed by atoms with E-state index < -0.39 is 0 Å². The summed E-state index contributed by atoms with van der Waals surface area (Å²) in [5.41, 5.74) is 4.39. The number of esters is 1. The van der Waals surface area contributed by atoms with Crippen LogP contribution in [0.1, 0.15) is 38.8 Å². The Balaban J connectivity index is 0.00000384. The van der Waals surface area contributed by atoms with Gasteiger partial charge in [-0.2, -0.15) is 4.57 Å². The van der Waals surface area contributed by atoms with Gasteiger partial charge in [0.2, 0.25) is 11.5 Å². The van der Waals surface area contributed by atoms with Gasteiger partial charge >= 0.3 is 5.97 Å². The molecule has 0 radical (unpaired) electrons. The first-order valence-corrected chi connectivity index (χ1v) is 16.2. The Hall–Kier alpha value is -3.24. The van der Waals surface area contributed by atoms with Crippen molar-refractivity contribution in [2.24, 2.45) is 0 Å². The zero-order valence-electron chi connectivity index (χ0n) is 24.2. The average molecular weight is 750 g/mol. The number of pyridine rings is 1. The minimum atomic E-state index is -0.365. The average Bonchev–Trinajstić information content (AvgIpc) is 3.37. The fraction of sp³-hybridized carbons (Fsp3) is 0.139. The maximum atomic E-state index is 14.0. The molecule has 2 heterocycles. The Labute approximate surface area is 287 Å². The lowest BCUT2D eigenvalue weighted by Gasteiger charge is -2.11. The maximum absolute atomic E-state index is 14.0. The van der Waals surface area contributed by atoms with Gasteiger partial charge in [0.05, 0.1) is 23.5 Å². The summed E-state index contributed by atoms with van der Waals surface area (Å²) in [5, 5.41) is 5.36. The third-order valence-electron chi connectivity index (χ3n) is 7.37. The summed E-state index contributed by atoms with van der Waals surface area (Å²) in [5.74, 6) is 0.184. The van der Waals surface area contributed by atoms with E-state index in [4.69, 9.17) is 16.3 Å². The molecule has 4 aromatic carbocycles. The topological polar surface area (TPSA) is 47.3 Å². The molecule has 0 N–H and O–H groups in total. The molecule has 0 aliphatic rings. The predicted octanol–water partition coefficient (Wildman–Crippen LogP) is 5.93. The molecule has 6 rings (SSSR count). The van der Waals surface area contributed by atoms with E-state index in [0.717, 1.165) is 15.5 Å². The van der Waals surface area contributed by atoms with Crippen LogP contribution in [0.15, 0.2) is 108 Å². The summed E-state index contributed by atoms with van der Waals surface area (Å²) in [6, 6.07) is 30.1. The molecule has 44 heavy (non-hydrogen) atoms. The number of hydrogen-bond donors (Lipinski definition) is 0. The van der Waals surface area contributed by atoms with Crippen LogP contribution in [-0.4, -0.2) is 18.4 Å². The van der Waals surface area contributed by atoms with Gasteiger partial charge in [-0.25, -0.2) is 0 Å². The van der Waals surface area contributed by atoms with Crippen LogP contribution in [0.3, 0.4) is 0 Å². The van der Waals surface area contributed by atoms with Crippen molar-refractivity contribution in [3.63, 3.8) is 0 Å². The van der Waals surface area contributed by atoms with Crippen LogP contribution in [0.4, 0.5) is 0 Å². The van der Waals surface area contributed by atoms with Crippen molar-refractivity contribution in [3.8, 4) is 5.69 Å². The number of ether oxygens (including phenoxy) is 1. The Morgan fingerprint density at radius 3 is 2.09 bits per heavy atom. The zero-order chi connectivity index (χ0) is 29.9. The molecule has 0 aliphatic carbocycles. The molecule has 2 aromatic heterocycles. The van der Waals surface area contributed by atoms with Crippen molar-refractivity contribution in [3.05, 3.63) is 136 Å². The number of aryl methyl sites for hydroxylation is 1. The lowest BCUT2D eigenvalue weighted by Crippen LogP contribution is -3.00. The van der Waals surface area contributed by atoms with Gasteiger partial charge in [0.1, 0.15) is 4.21 Å². The molecular formula is C36H29ClINO3S2. The number of benzene rings is 4. The van der Waals surface area contributed by atoms with Gasteiger partial charge in [-0.1, -0.05) is 60.1 Å². The third kappa shape index (κ3) is 6.71. The fourth-order valence-electron chi connectivity index (χ4n) is 5.28. The van der Waals surface area contributed by atoms with Gasteiger partial charge in [-0.05, 0) is 76.9 Å². The quantitative estimate of drug-likeness (QED) is 0.0460. The number of fused-ring (bicyclic) bond motifs is 2. The van der Waals surface area contributed by atoms with E-state index in [1.807, 2.05) is 36.0 Å². The van der Waals surface area contributed by atoms with Crippen molar-refractivity contribution in [1.82, 2.24) is 0 Å². The first-order valence-electron chi connectivity index (χ1n) is 14.0. The number of hydrogen-bond acceptors (Lipinski definition) is 5. The highest BCUT2D eigenvalue weighted by Crippen LogP contribution is 2.42. The summed E-state index contributed by atoms with van der Waals surface area (Å²) in [6.07, 6.45) is 3.97. The van der Waals surface area contributed by atoms with Crippen LogP contribution < -0.4 is 28.5 Å². The van der Waals surface area contributed by atoms with Crippen LogP contribution >= 0.6 is 34.7 Å². The number of thiophene rings is 1. The summed E-state index contributed by atoms with van der Waals surface area (Å²) >= 11 is 9.25. The maximum Gasteiger partial charge on any atom is 0.310 e. The van der Waals surface area contributed by atoms with Crippen LogP contribution in [-0.2, 0) is 21.7 Å². The van der Waals surface area contributed by atoms with E-state index in [1.165, 1.54) is 38.4 Å². The SMILES string of the molecule is CCOC(=O)Cc1c(C(=O)c2ccc(Cl)cc2)sc(SCc2c3ccccc3cc3ccccc23)c1-[n+]1ccc(C)cc1.[I-]. The molecule has 0 aliphatic heterocycles. The van der Waals surface area contributed by atoms with Gasteiger partial charge in [0.15, 0.2) is 12.4 Å². The molecule has 0 bridgehead atoms. The second-order valence-corrected chi connectivity index (χ2v) is 12.9. The second kappa shape index (κ2) is 14.2. The smallest absolute Gasteiger partial charge is 0.310 e. The minimum absolute atomic E-state index is 0.